The minimum Gasteiger partial charge on any atom is -0.303 e. The Balaban J connectivity index is 5.31. The van der Waals surface area contributed by atoms with Gasteiger partial charge in [0.1, 0.15) is 11.2 Å². The highest BCUT2D eigenvalue weighted by Gasteiger charge is 2.49. The van der Waals surface area contributed by atoms with E-state index in [2.05, 4.69) is 9.05 Å². The van der Waals surface area contributed by atoms with Crippen LogP contribution in [0.25, 0.3) is 0 Å². The van der Waals surface area contributed by atoms with Crippen molar-refractivity contribution >= 4 is 15.6 Å². The van der Waals surface area contributed by atoms with E-state index in [1.165, 1.54) is 20.8 Å². The Hall–Kier alpha value is 0.220. The van der Waals surface area contributed by atoms with Gasteiger partial charge in [0.25, 0.3) is 0 Å². The van der Waals surface area contributed by atoms with Crippen LogP contribution < -0.4 is 0 Å². The average molecular weight is 306 g/mol. The van der Waals surface area contributed by atoms with Crippen molar-refractivity contribution in [2.75, 3.05) is 0 Å². The second kappa shape index (κ2) is 5.69. The molecule has 8 nitrogen and oxygen atoms in total. The minimum absolute atomic E-state index is 0.158. The third-order valence-electron chi connectivity index (χ3n) is 2.67. The van der Waals surface area contributed by atoms with Gasteiger partial charge < -0.3 is 19.6 Å². The van der Waals surface area contributed by atoms with Crippen molar-refractivity contribution in [1.82, 2.24) is 0 Å². The molecule has 0 aliphatic carbocycles. The molecule has 0 heterocycles. The zero-order valence-electron chi connectivity index (χ0n) is 10.7. The maximum Gasteiger partial charge on any atom is 0.470 e. The predicted octanol–water partition coefficient (Wildman–Crippen LogP) is 1.54. The zero-order chi connectivity index (χ0) is 14.8. The molecule has 10 heteroatoms. The molecule has 0 aliphatic rings. The Kier molecular flexibility index (Phi) is 5.76. The molecule has 18 heavy (non-hydrogen) atoms. The first kappa shape index (κ1) is 18.2. The molecule has 0 saturated heterocycles. The Bertz CT molecular complexity index is 369. The number of rotatable bonds is 7. The lowest BCUT2D eigenvalue weighted by atomic mass is 9.84. The highest BCUT2D eigenvalue weighted by atomic mass is 31.2. The summed E-state index contributed by atoms with van der Waals surface area (Å²) in [7, 11) is -9.62. The number of phosphoric ester groups is 2. The van der Waals surface area contributed by atoms with Gasteiger partial charge in [-0.05, 0) is 27.2 Å². The second-order valence-electron chi connectivity index (χ2n) is 4.65. The van der Waals surface area contributed by atoms with Gasteiger partial charge in [0, 0.05) is 0 Å². The van der Waals surface area contributed by atoms with E-state index in [-0.39, 0.29) is 6.42 Å². The fourth-order valence-corrected chi connectivity index (χ4v) is 3.21. The first-order chi connectivity index (χ1) is 7.72. The molecule has 0 aromatic carbocycles. The van der Waals surface area contributed by atoms with Gasteiger partial charge in [0.2, 0.25) is 0 Å². The van der Waals surface area contributed by atoms with E-state index in [4.69, 9.17) is 19.6 Å². The predicted molar refractivity (Wildman–Crippen MR) is 63.7 cm³/mol. The summed E-state index contributed by atoms with van der Waals surface area (Å²) < 4.78 is 31.1. The smallest absolute Gasteiger partial charge is 0.303 e. The summed E-state index contributed by atoms with van der Waals surface area (Å²) in [4.78, 5) is 35.4. The van der Waals surface area contributed by atoms with E-state index in [0.29, 0.717) is 6.42 Å². The molecule has 1 atom stereocenters. The molecule has 0 amide bonds. The number of phosphoric acid groups is 2. The molecule has 0 saturated carbocycles. The van der Waals surface area contributed by atoms with Gasteiger partial charge in [0.15, 0.2) is 0 Å². The van der Waals surface area contributed by atoms with Crippen LogP contribution in [0.5, 0.6) is 0 Å². The van der Waals surface area contributed by atoms with E-state index in [9.17, 15) is 9.13 Å². The molecule has 0 aromatic rings. The van der Waals surface area contributed by atoms with E-state index in [0.717, 1.165) is 0 Å². The first-order valence-corrected chi connectivity index (χ1v) is 8.31. The summed E-state index contributed by atoms with van der Waals surface area (Å²) in [5, 5.41) is 0. The van der Waals surface area contributed by atoms with Crippen LogP contribution in [-0.2, 0) is 18.2 Å². The Labute approximate surface area is 106 Å². The fourth-order valence-electron chi connectivity index (χ4n) is 1.59. The lowest BCUT2D eigenvalue weighted by Gasteiger charge is -2.42. The van der Waals surface area contributed by atoms with Crippen LogP contribution in [0.2, 0.25) is 0 Å². The van der Waals surface area contributed by atoms with Crippen LogP contribution in [0.3, 0.4) is 0 Å². The maximum absolute atomic E-state index is 11.0. The summed E-state index contributed by atoms with van der Waals surface area (Å²) in [6.07, 6.45) is 0.648. The SMILES string of the molecule is CCCC(C)(OP(=O)(O)O)C(C)(C)OP(=O)(O)O. The first-order valence-electron chi connectivity index (χ1n) is 5.25. The van der Waals surface area contributed by atoms with Crippen LogP contribution in [0, 0.1) is 0 Å². The summed E-state index contributed by atoms with van der Waals surface area (Å²) in [5.74, 6) is 0. The maximum atomic E-state index is 11.0. The molecule has 4 N–H and O–H groups in total. The van der Waals surface area contributed by atoms with Crippen molar-refractivity contribution in [3.63, 3.8) is 0 Å². The van der Waals surface area contributed by atoms with E-state index in [1.807, 2.05) is 0 Å². The summed E-state index contributed by atoms with van der Waals surface area (Å²) in [6, 6.07) is 0. The molecule has 0 spiro atoms. The molecule has 0 aromatic heterocycles. The summed E-state index contributed by atoms with van der Waals surface area (Å²) in [5.41, 5.74) is -3.12. The van der Waals surface area contributed by atoms with Gasteiger partial charge in [-0.2, -0.15) is 0 Å². The largest absolute Gasteiger partial charge is 0.470 e. The Morgan fingerprint density at radius 3 is 1.61 bits per heavy atom. The van der Waals surface area contributed by atoms with Gasteiger partial charge in [-0.1, -0.05) is 13.3 Å². The van der Waals surface area contributed by atoms with Gasteiger partial charge in [-0.3, -0.25) is 9.05 Å². The quantitative estimate of drug-likeness (QED) is 0.520. The lowest BCUT2D eigenvalue weighted by Crippen LogP contribution is -2.50. The number of hydrogen-bond donors (Lipinski definition) is 4. The van der Waals surface area contributed by atoms with Crippen molar-refractivity contribution < 1.29 is 37.8 Å². The van der Waals surface area contributed by atoms with Gasteiger partial charge >= 0.3 is 15.6 Å². The van der Waals surface area contributed by atoms with Crippen molar-refractivity contribution in [2.45, 2.75) is 51.7 Å². The van der Waals surface area contributed by atoms with E-state index in [1.54, 1.807) is 6.92 Å². The monoisotopic (exact) mass is 306 g/mol. The fraction of sp³-hybridized carbons (Fsp3) is 1.00. The van der Waals surface area contributed by atoms with Gasteiger partial charge in [0.05, 0.1) is 0 Å². The van der Waals surface area contributed by atoms with Crippen molar-refractivity contribution in [1.29, 1.82) is 0 Å². The molecule has 110 valence electrons. The Morgan fingerprint density at radius 2 is 1.33 bits per heavy atom. The summed E-state index contributed by atoms with van der Waals surface area (Å²) in [6.45, 7) is 5.69. The van der Waals surface area contributed by atoms with Crippen LogP contribution in [0.1, 0.15) is 40.5 Å². The molecule has 0 fully saturated rings. The highest BCUT2D eigenvalue weighted by molar-refractivity contribution is 7.46. The standard InChI is InChI=1S/C8H20O8P2/c1-5-6-8(4,16-18(12,13)14)7(2,3)15-17(9,10)11/h5-6H2,1-4H3,(H2,9,10,11)(H2,12,13,14). The molecule has 0 radical (unpaired) electrons. The highest BCUT2D eigenvalue weighted by Crippen LogP contribution is 2.52. The normalized spacial score (nSPS) is 17.6. The van der Waals surface area contributed by atoms with Crippen LogP contribution in [0.4, 0.5) is 0 Å². The van der Waals surface area contributed by atoms with Crippen molar-refractivity contribution in [3.8, 4) is 0 Å². The van der Waals surface area contributed by atoms with Gasteiger partial charge in [-0.15, -0.1) is 0 Å². The molecule has 0 aliphatic heterocycles. The van der Waals surface area contributed by atoms with Crippen molar-refractivity contribution in [2.24, 2.45) is 0 Å². The number of hydrogen-bond acceptors (Lipinski definition) is 4. The lowest BCUT2D eigenvalue weighted by molar-refractivity contribution is -0.111. The van der Waals surface area contributed by atoms with E-state index >= 15 is 0 Å². The zero-order valence-corrected chi connectivity index (χ0v) is 12.5. The molecule has 1 unspecified atom stereocenters. The van der Waals surface area contributed by atoms with Crippen LogP contribution >= 0.6 is 15.6 Å². The van der Waals surface area contributed by atoms with E-state index < -0.39 is 26.8 Å². The second-order valence-corrected chi connectivity index (χ2v) is 6.98. The average Bonchev–Trinajstić information content (AvgIpc) is 1.94. The Morgan fingerprint density at radius 1 is 0.944 bits per heavy atom. The third kappa shape index (κ3) is 5.91. The summed E-state index contributed by atoms with van der Waals surface area (Å²) >= 11 is 0. The molecular weight excluding hydrogens is 286 g/mol. The molecular formula is C8H20O8P2. The van der Waals surface area contributed by atoms with Crippen molar-refractivity contribution in [3.05, 3.63) is 0 Å². The van der Waals surface area contributed by atoms with Crippen LogP contribution in [-0.4, -0.2) is 30.8 Å². The molecule has 0 rings (SSSR count). The molecule has 0 bridgehead atoms. The van der Waals surface area contributed by atoms with Crippen LogP contribution in [0.15, 0.2) is 0 Å². The topological polar surface area (TPSA) is 134 Å². The van der Waals surface area contributed by atoms with Gasteiger partial charge in [-0.25, -0.2) is 9.13 Å². The minimum atomic E-state index is -4.81. The third-order valence-corrected chi connectivity index (χ3v) is 4.00.